The summed E-state index contributed by atoms with van der Waals surface area (Å²) in [5.74, 6) is -1.66. The molecule has 0 bridgehead atoms. The third-order valence-corrected chi connectivity index (χ3v) is 4.35. The van der Waals surface area contributed by atoms with Crippen LogP contribution in [0.1, 0.15) is 57.1 Å². The van der Waals surface area contributed by atoms with Gasteiger partial charge in [0.05, 0.1) is 6.07 Å². The first-order valence-corrected chi connectivity index (χ1v) is 8.90. The van der Waals surface area contributed by atoms with Crippen molar-refractivity contribution in [2.24, 2.45) is 0 Å². The van der Waals surface area contributed by atoms with E-state index in [9.17, 15) is 10.1 Å². The molecule has 6 heteroatoms. The smallest absolute Gasteiger partial charge is 0.328 e. The van der Waals surface area contributed by atoms with Crippen LogP contribution in [0.2, 0.25) is 5.02 Å². The van der Waals surface area contributed by atoms with Crippen LogP contribution in [0.25, 0.3) is 0 Å². The minimum absolute atomic E-state index is 0.0662. The Kier molecular flexibility index (Phi) is 6.31. The highest BCUT2D eigenvalue weighted by Crippen LogP contribution is 2.34. The molecule has 1 fully saturated rings. The maximum Gasteiger partial charge on any atom is 0.328 e. The highest BCUT2D eigenvalue weighted by atomic mass is 35.5. The average molecular weight is 365 g/mol. The number of benzene rings is 1. The van der Waals surface area contributed by atoms with Crippen LogP contribution < -0.4 is 5.32 Å². The molecule has 0 radical (unpaired) electrons. The van der Waals surface area contributed by atoms with Crippen molar-refractivity contribution in [3.8, 4) is 6.07 Å². The first-order valence-electron chi connectivity index (χ1n) is 8.52. The van der Waals surface area contributed by atoms with Gasteiger partial charge in [-0.25, -0.2) is 0 Å². The number of rotatable bonds is 4. The molecule has 136 valence electrons. The first-order chi connectivity index (χ1) is 11.7. The lowest BCUT2D eigenvalue weighted by atomic mass is 9.94. The van der Waals surface area contributed by atoms with E-state index in [4.69, 9.17) is 21.1 Å². The number of halogens is 1. The number of hydrogen-bond acceptors (Lipinski definition) is 5. The Morgan fingerprint density at radius 1 is 1.44 bits per heavy atom. The number of hydrogen-bond donors (Lipinski definition) is 1. The summed E-state index contributed by atoms with van der Waals surface area (Å²) in [4.78, 5) is 12.4. The normalized spacial score (nSPS) is 19.0. The van der Waals surface area contributed by atoms with Gasteiger partial charge < -0.3 is 14.8 Å². The van der Waals surface area contributed by atoms with Crippen molar-refractivity contribution in [3.63, 3.8) is 0 Å². The minimum Gasteiger partial charge on any atom is -0.459 e. The molecule has 1 aromatic carbocycles. The van der Waals surface area contributed by atoms with Gasteiger partial charge in [-0.1, -0.05) is 11.6 Å². The van der Waals surface area contributed by atoms with E-state index in [1.807, 2.05) is 19.1 Å². The van der Waals surface area contributed by atoms with Crippen LogP contribution in [0, 0.1) is 18.3 Å². The van der Waals surface area contributed by atoms with E-state index in [-0.39, 0.29) is 6.23 Å². The standard InChI is InChI=1S/C19H25ClN2O3/c1-12-15(22-16-7-5-6-10-24-16)9-8-14(20)17(12)13(11-21)18(23)25-19(2,3)4/h8-9,13,16,22H,5-7,10H2,1-4H3. The molecule has 0 aromatic heterocycles. The van der Waals surface area contributed by atoms with Crippen molar-refractivity contribution in [2.75, 3.05) is 11.9 Å². The highest BCUT2D eigenvalue weighted by molar-refractivity contribution is 6.32. The van der Waals surface area contributed by atoms with Gasteiger partial charge in [0.25, 0.3) is 0 Å². The van der Waals surface area contributed by atoms with Crippen molar-refractivity contribution in [3.05, 3.63) is 28.3 Å². The number of anilines is 1. The van der Waals surface area contributed by atoms with E-state index < -0.39 is 17.5 Å². The minimum atomic E-state index is -1.07. The second-order valence-corrected chi connectivity index (χ2v) is 7.64. The molecule has 0 amide bonds. The SMILES string of the molecule is Cc1c(NC2CCCCO2)ccc(Cl)c1C(C#N)C(=O)OC(C)(C)C. The van der Waals surface area contributed by atoms with Crippen molar-refractivity contribution in [2.45, 2.75) is 64.7 Å². The summed E-state index contributed by atoms with van der Waals surface area (Å²) in [5.41, 5.74) is 1.40. The van der Waals surface area contributed by atoms with E-state index >= 15 is 0 Å². The predicted octanol–water partition coefficient (Wildman–Crippen LogP) is 4.54. The van der Waals surface area contributed by atoms with E-state index in [0.29, 0.717) is 10.6 Å². The average Bonchev–Trinajstić information content (AvgIpc) is 2.53. The van der Waals surface area contributed by atoms with Crippen LogP contribution in [0.5, 0.6) is 0 Å². The molecule has 1 aromatic rings. The van der Waals surface area contributed by atoms with Crippen LogP contribution in [0.3, 0.4) is 0 Å². The predicted molar refractivity (Wildman–Crippen MR) is 97.6 cm³/mol. The van der Waals surface area contributed by atoms with Crippen molar-refractivity contribution in [1.29, 1.82) is 5.26 Å². The van der Waals surface area contributed by atoms with Crippen LogP contribution in [-0.4, -0.2) is 24.4 Å². The van der Waals surface area contributed by atoms with Crippen LogP contribution >= 0.6 is 11.6 Å². The Morgan fingerprint density at radius 2 is 2.16 bits per heavy atom. The molecule has 1 N–H and O–H groups in total. The van der Waals surface area contributed by atoms with Gasteiger partial charge in [-0.15, -0.1) is 0 Å². The third kappa shape index (κ3) is 5.10. The number of nitriles is 1. The van der Waals surface area contributed by atoms with E-state index in [2.05, 4.69) is 5.32 Å². The first kappa shape index (κ1) is 19.6. The molecule has 2 unspecified atom stereocenters. The maximum absolute atomic E-state index is 12.4. The lowest BCUT2D eigenvalue weighted by molar-refractivity contribution is -0.155. The fraction of sp³-hybridized carbons (Fsp3) is 0.579. The molecular formula is C19H25ClN2O3. The molecule has 0 aliphatic carbocycles. The molecule has 1 aliphatic rings. The van der Waals surface area contributed by atoms with Crippen LogP contribution in [-0.2, 0) is 14.3 Å². The largest absolute Gasteiger partial charge is 0.459 e. The number of carbonyl (C=O) groups is 1. The second-order valence-electron chi connectivity index (χ2n) is 7.23. The Hall–Kier alpha value is -1.77. The number of nitrogens with zero attached hydrogens (tertiary/aromatic N) is 1. The molecule has 1 aliphatic heterocycles. The number of esters is 1. The lowest BCUT2D eigenvalue weighted by Gasteiger charge is -2.27. The van der Waals surface area contributed by atoms with Crippen molar-refractivity contribution < 1.29 is 14.3 Å². The summed E-state index contributed by atoms with van der Waals surface area (Å²) in [6, 6.07) is 5.58. The number of nitrogens with one attached hydrogen (secondary N) is 1. The van der Waals surface area contributed by atoms with Gasteiger partial charge in [0.1, 0.15) is 11.8 Å². The third-order valence-electron chi connectivity index (χ3n) is 4.02. The molecule has 5 nitrogen and oxygen atoms in total. The summed E-state index contributed by atoms with van der Waals surface area (Å²) >= 11 is 6.32. The Labute approximate surface area is 154 Å². The van der Waals surface area contributed by atoms with E-state index in [1.165, 1.54) is 0 Å². The van der Waals surface area contributed by atoms with Crippen molar-refractivity contribution >= 4 is 23.3 Å². The van der Waals surface area contributed by atoms with Gasteiger partial charge in [-0.3, -0.25) is 4.79 Å². The summed E-state index contributed by atoms with van der Waals surface area (Å²) in [6.07, 6.45) is 3.03. The summed E-state index contributed by atoms with van der Waals surface area (Å²) in [7, 11) is 0. The Bertz CT molecular complexity index is 670. The second kappa shape index (κ2) is 8.07. The Morgan fingerprint density at radius 3 is 2.72 bits per heavy atom. The fourth-order valence-electron chi connectivity index (χ4n) is 2.83. The quantitative estimate of drug-likeness (QED) is 0.794. The summed E-state index contributed by atoms with van der Waals surface area (Å²) < 4.78 is 11.1. The fourth-order valence-corrected chi connectivity index (χ4v) is 3.14. The zero-order chi connectivity index (χ0) is 18.6. The Balaban J connectivity index is 2.30. The highest BCUT2D eigenvalue weighted by Gasteiger charge is 2.30. The van der Waals surface area contributed by atoms with Gasteiger partial charge in [0, 0.05) is 22.9 Å². The molecular weight excluding hydrogens is 340 g/mol. The van der Waals surface area contributed by atoms with Gasteiger partial charge in [0.2, 0.25) is 0 Å². The topological polar surface area (TPSA) is 71.3 Å². The van der Waals surface area contributed by atoms with Crippen molar-refractivity contribution in [1.82, 2.24) is 0 Å². The van der Waals surface area contributed by atoms with Crippen LogP contribution in [0.4, 0.5) is 5.69 Å². The van der Waals surface area contributed by atoms with Gasteiger partial charge >= 0.3 is 5.97 Å². The molecule has 0 spiro atoms. The van der Waals surface area contributed by atoms with Gasteiger partial charge in [-0.2, -0.15) is 5.26 Å². The zero-order valence-electron chi connectivity index (χ0n) is 15.2. The van der Waals surface area contributed by atoms with E-state index in [1.54, 1.807) is 26.8 Å². The summed E-state index contributed by atoms with van der Waals surface area (Å²) in [6.45, 7) is 7.89. The lowest BCUT2D eigenvalue weighted by Crippen LogP contribution is -2.29. The molecule has 1 saturated heterocycles. The molecule has 2 atom stereocenters. The maximum atomic E-state index is 12.4. The molecule has 1 heterocycles. The molecule has 2 rings (SSSR count). The van der Waals surface area contributed by atoms with Crippen LogP contribution in [0.15, 0.2) is 12.1 Å². The number of ether oxygens (including phenoxy) is 2. The summed E-state index contributed by atoms with van der Waals surface area (Å²) in [5, 5.41) is 13.3. The van der Waals surface area contributed by atoms with Gasteiger partial charge in [0.15, 0.2) is 5.92 Å². The molecule has 25 heavy (non-hydrogen) atoms. The monoisotopic (exact) mass is 364 g/mol. The van der Waals surface area contributed by atoms with Gasteiger partial charge in [-0.05, 0) is 64.7 Å². The van der Waals surface area contributed by atoms with E-state index in [0.717, 1.165) is 37.1 Å². The number of carbonyl (C=O) groups excluding carboxylic acids is 1. The molecule has 0 saturated carbocycles. The zero-order valence-corrected chi connectivity index (χ0v) is 15.9.